The van der Waals surface area contributed by atoms with Crippen LogP contribution in [0, 0.1) is 0 Å². The van der Waals surface area contributed by atoms with E-state index < -0.39 is 30.8 Å². The lowest BCUT2D eigenvalue weighted by atomic mass is 10.1. The predicted molar refractivity (Wildman–Crippen MR) is 82.2 cm³/mol. The van der Waals surface area contributed by atoms with Crippen LogP contribution in [0.25, 0.3) is 0 Å². The molecule has 0 amide bonds. The summed E-state index contributed by atoms with van der Waals surface area (Å²) in [4.78, 5) is 23.0. The van der Waals surface area contributed by atoms with Crippen molar-refractivity contribution in [1.82, 2.24) is 0 Å². The molecule has 0 aromatic heterocycles. The van der Waals surface area contributed by atoms with E-state index in [2.05, 4.69) is 6.92 Å². The molecule has 2 atom stereocenters. The van der Waals surface area contributed by atoms with Crippen LogP contribution in [0.2, 0.25) is 0 Å². The summed E-state index contributed by atoms with van der Waals surface area (Å²) < 4.78 is 9.94. The van der Waals surface area contributed by atoms with Crippen LogP contribution in [0.15, 0.2) is 0 Å². The molecule has 0 fully saturated rings. The van der Waals surface area contributed by atoms with E-state index in [4.69, 9.17) is 19.7 Å². The van der Waals surface area contributed by atoms with Crippen molar-refractivity contribution in [1.29, 1.82) is 0 Å². The summed E-state index contributed by atoms with van der Waals surface area (Å²) in [5.41, 5.74) is 0. The molecular formula is C16H30O6. The van der Waals surface area contributed by atoms with Crippen molar-refractivity contribution in [2.75, 3.05) is 13.2 Å². The van der Waals surface area contributed by atoms with E-state index >= 15 is 0 Å². The molecule has 0 aliphatic heterocycles. The number of hydrogen-bond acceptors (Lipinski definition) is 6. The van der Waals surface area contributed by atoms with E-state index in [0.29, 0.717) is 0 Å². The number of rotatable bonds is 14. The smallest absolute Gasteiger partial charge is 0.308 e. The second kappa shape index (κ2) is 13.7. The number of unbranched alkanes of at least 4 members (excludes halogenated alkanes) is 6. The molecule has 0 aliphatic rings. The number of carbonyl (C=O) groups excluding carboxylic acids is 2. The second-order valence-electron chi connectivity index (χ2n) is 5.47. The number of aliphatic hydroxyl groups excluding tert-OH is 2. The van der Waals surface area contributed by atoms with Gasteiger partial charge < -0.3 is 19.7 Å². The van der Waals surface area contributed by atoms with Crippen molar-refractivity contribution in [3.8, 4) is 0 Å². The second-order valence-corrected chi connectivity index (χ2v) is 5.47. The Labute approximate surface area is 132 Å². The number of ketones is 1. The summed E-state index contributed by atoms with van der Waals surface area (Å²) in [5.74, 6) is -0.926. The normalized spacial score (nSPS) is 13.6. The average Bonchev–Trinajstić information content (AvgIpc) is 2.49. The van der Waals surface area contributed by atoms with Gasteiger partial charge in [0.25, 0.3) is 6.29 Å². The molecule has 6 nitrogen and oxygen atoms in total. The molecule has 0 radical (unpaired) electrons. The van der Waals surface area contributed by atoms with Gasteiger partial charge in [0.1, 0.15) is 6.10 Å². The standard InChI is InChI=1S/C16H30O6/c1-3-4-5-6-7-8-9-10-15(20)22-16(13(2)18)21-12-14(19)11-17/h14,16-17,19H,3-12H2,1-2H3. The molecule has 0 aromatic rings. The summed E-state index contributed by atoms with van der Waals surface area (Å²) in [5, 5.41) is 17.8. The van der Waals surface area contributed by atoms with Gasteiger partial charge in [0.2, 0.25) is 0 Å². The lowest BCUT2D eigenvalue weighted by Gasteiger charge is -2.17. The third-order valence-corrected chi connectivity index (χ3v) is 3.21. The fourth-order valence-corrected chi connectivity index (χ4v) is 1.89. The Morgan fingerprint density at radius 2 is 1.64 bits per heavy atom. The number of carbonyl (C=O) groups is 2. The Morgan fingerprint density at radius 3 is 2.18 bits per heavy atom. The summed E-state index contributed by atoms with van der Waals surface area (Å²) in [7, 11) is 0. The fourth-order valence-electron chi connectivity index (χ4n) is 1.89. The highest BCUT2D eigenvalue weighted by molar-refractivity contribution is 5.82. The van der Waals surface area contributed by atoms with Gasteiger partial charge in [-0.1, -0.05) is 45.4 Å². The predicted octanol–water partition coefficient (Wildman–Crippen LogP) is 1.96. The van der Waals surface area contributed by atoms with Crippen LogP contribution < -0.4 is 0 Å². The third-order valence-electron chi connectivity index (χ3n) is 3.21. The Balaban J connectivity index is 3.82. The highest BCUT2D eigenvalue weighted by atomic mass is 16.7. The van der Waals surface area contributed by atoms with Crippen LogP contribution in [0.5, 0.6) is 0 Å². The quantitative estimate of drug-likeness (QED) is 0.289. The molecular weight excluding hydrogens is 288 g/mol. The van der Waals surface area contributed by atoms with E-state index in [1.54, 1.807) is 0 Å². The zero-order valence-corrected chi connectivity index (χ0v) is 13.8. The highest BCUT2D eigenvalue weighted by Crippen LogP contribution is 2.10. The lowest BCUT2D eigenvalue weighted by molar-refractivity contribution is -0.189. The molecule has 0 aliphatic carbocycles. The van der Waals surface area contributed by atoms with E-state index in [1.807, 2.05) is 0 Å². The van der Waals surface area contributed by atoms with Crippen LogP contribution in [0.4, 0.5) is 0 Å². The van der Waals surface area contributed by atoms with Crippen LogP contribution >= 0.6 is 0 Å². The summed E-state index contributed by atoms with van der Waals surface area (Å²) in [6.45, 7) is 2.68. The molecule has 2 N–H and O–H groups in total. The first-order chi connectivity index (χ1) is 10.5. The maximum atomic E-state index is 11.6. The number of aliphatic hydroxyl groups is 2. The maximum absolute atomic E-state index is 11.6. The molecule has 6 heteroatoms. The van der Waals surface area contributed by atoms with Gasteiger partial charge in [-0.3, -0.25) is 9.59 Å². The van der Waals surface area contributed by atoms with Crippen LogP contribution in [-0.4, -0.2) is 47.6 Å². The molecule has 0 bridgehead atoms. The van der Waals surface area contributed by atoms with Crippen molar-refractivity contribution < 1.29 is 29.3 Å². The number of Topliss-reactive ketones (excluding diaryl/α,β-unsaturated/α-hetero) is 1. The minimum Gasteiger partial charge on any atom is -0.428 e. The molecule has 0 saturated carbocycles. The molecule has 0 aromatic carbocycles. The molecule has 130 valence electrons. The van der Waals surface area contributed by atoms with Crippen LogP contribution in [-0.2, 0) is 19.1 Å². The highest BCUT2D eigenvalue weighted by Gasteiger charge is 2.20. The zero-order valence-electron chi connectivity index (χ0n) is 13.8. The van der Waals surface area contributed by atoms with Gasteiger partial charge in [-0.05, 0) is 6.42 Å². The molecule has 0 rings (SSSR count). The number of ether oxygens (including phenoxy) is 2. The lowest BCUT2D eigenvalue weighted by Crippen LogP contribution is -2.32. The fraction of sp³-hybridized carbons (Fsp3) is 0.875. The van der Waals surface area contributed by atoms with Gasteiger partial charge in [-0.15, -0.1) is 0 Å². The largest absolute Gasteiger partial charge is 0.428 e. The minimum atomic E-state index is -1.31. The van der Waals surface area contributed by atoms with Gasteiger partial charge in [-0.2, -0.15) is 0 Å². The Hall–Kier alpha value is -0.980. The van der Waals surface area contributed by atoms with Crippen LogP contribution in [0.3, 0.4) is 0 Å². The Kier molecular flexibility index (Phi) is 13.1. The summed E-state index contributed by atoms with van der Waals surface area (Å²) >= 11 is 0. The van der Waals surface area contributed by atoms with Crippen molar-refractivity contribution in [3.63, 3.8) is 0 Å². The first kappa shape index (κ1) is 21.0. The number of esters is 1. The molecule has 0 heterocycles. The third kappa shape index (κ3) is 11.7. The van der Waals surface area contributed by atoms with Gasteiger partial charge in [-0.25, -0.2) is 0 Å². The van der Waals surface area contributed by atoms with Gasteiger partial charge >= 0.3 is 5.97 Å². The first-order valence-electron chi connectivity index (χ1n) is 8.11. The monoisotopic (exact) mass is 318 g/mol. The summed E-state index contributed by atoms with van der Waals surface area (Å²) in [6.07, 6.45) is 5.52. The van der Waals surface area contributed by atoms with E-state index in [1.165, 1.54) is 32.6 Å². The average molecular weight is 318 g/mol. The Morgan fingerprint density at radius 1 is 1.05 bits per heavy atom. The van der Waals surface area contributed by atoms with Gasteiger partial charge in [0.05, 0.1) is 13.2 Å². The van der Waals surface area contributed by atoms with Crippen molar-refractivity contribution in [2.24, 2.45) is 0 Å². The molecule has 0 spiro atoms. The number of hydrogen-bond donors (Lipinski definition) is 2. The van der Waals surface area contributed by atoms with E-state index in [-0.39, 0.29) is 13.0 Å². The topological polar surface area (TPSA) is 93.1 Å². The minimum absolute atomic E-state index is 0.253. The SMILES string of the molecule is CCCCCCCCCC(=O)OC(OCC(O)CO)C(C)=O. The van der Waals surface area contributed by atoms with Gasteiger partial charge in [0, 0.05) is 13.3 Å². The Bertz CT molecular complexity index is 305. The molecule has 2 unspecified atom stereocenters. The maximum Gasteiger partial charge on any atom is 0.308 e. The molecule has 0 saturated heterocycles. The summed E-state index contributed by atoms with van der Waals surface area (Å²) in [6, 6.07) is 0. The van der Waals surface area contributed by atoms with Crippen molar-refractivity contribution >= 4 is 11.8 Å². The van der Waals surface area contributed by atoms with Crippen LogP contribution in [0.1, 0.15) is 65.2 Å². The van der Waals surface area contributed by atoms with E-state index in [0.717, 1.165) is 19.3 Å². The molecule has 22 heavy (non-hydrogen) atoms. The first-order valence-corrected chi connectivity index (χ1v) is 8.11. The van der Waals surface area contributed by atoms with Crippen molar-refractivity contribution in [3.05, 3.63) is 0 Å². The zero-order chi connectivity index (χ0) is 16.8. The van der Waals surface area contributed by atoms with E-state index in [9.17, 15) is 9.59 Å². The van der Waals surface area contributed by atoms with Crippen molar-refractivity contribution in [2.45, 2.75) is 77.6 Å². The van der Waals surface area contributed by atoms with Gasteiger partial charge in [0.15, 0.2) is 5.78 Å².